The minimum atomic E-state index is 0.258. The molecule has 98 valence electrons. The van der Waals surface area contributed by atoms with E-state index in [0.29, 0.717) is 5.92 Å². The van der Waals surface area contributed by atoms with Crippen molar-refractivity contribution in [2.24, 2.45) is 5.41 Å². The Morgan fingerprint density at radius 1 is 1.06 bits per heavy atom. The zero-order chi connectivity index (χ0) is 13.5. The molecule has 1 aliphatic heterocycles. The summed E-state index contributed by atoms with van der Waals surface area (Å²) in [6.07, 6.45) is 0. The Balaban J connectivity index is 0.000000581. The Kier molecular flexibility index (Phi) is 6.94. The molecule has 1 nitrogen and oxygen atoms in total. The smallest absolute Gasteiger partial charge is 0.122 e. The van der Waals surface area contributed by atoms with Gasteiger partial charge in [-0.25, -0.2) is 0 Å². The molecule has 0 spiro atoms. The van der Waals surface area contributed by atoms with Crippen molar-refractivity contribution in [2.75, 3.05) is 6.61 Å². The largest absolute Gasteiger partial charge is 0.493 e. The quantitative estimate of drug-likeness (QED) is 0.597. The van der Waals surface area contributed by atoms with Gasteiger partial charge in [0, 0.05) is 5.41 Å². The molecule has 0 fully saturated rings. The van der Waals surface area contributed by atoms with Crippen molar-refractivity contribution in [2.45, 2.75) is 54.4 Å². The first-order valence-electron chi connectivity index (χ1n) is 6.83. The van der Waals surface area contributed by atoms with Gasteiger partial charge in [-0.3, -0.25) is 0 Å². The van der Waals surface area contributed by atoms with Crippen molar-refractivity contribution in [3.63, 3.8) is 0 Å². The molecule has 2 rings (SSSR count). The van der Waals surface area contributed by atoms with Gasteiger partial charge in [-0.2, -0.15) is 0 Å². The lowest BCUT2D eigenvalue weighted by molar-refractivity contribution is 0.127. The second kappa shape index (κ2) is 7.37. The van der Waals surface area contributed by atoms with Gasteiger partial charge >= 0.3 is 0 Å². The lowest BCUT2D eigenvalue weighted by Crippen LogP contribution is -2.32. The monoisotopic (exact) mass is 236 g/mol. The summed E-state index contributed by atoms with van der Waals surface area (Å²) in [5.74, 6) is 1.65. The Bertz CT molecular complexity index is 315. The van der Waals surface area contributed by atoms with Crippen LogP contribution in [0, 0.1) is 5.41 Å². The number of benzene rings is 1. The van der Waals surface area contributed by atoms with E-state index in [0.717, 1.165) is 12.4 Å². The number of rotatable bonds is 0. The summed E-state index contributed by atoms with van der Waals surface area (Å²) in [7, 11) is 0. The molecule has 0 N–H and O–H groups in total. The Morgan fingerprint density at radius 3 is 2.18 bits per heavy atom. The van der Waals surface area contributed by atoms with E-state index in [1.165, 1.54) is 5.56 Å². The van der Waals surface area contributed by atoms with Gasteiger partial charge in [0.15, 0.2) is 0 Å². The molecule has 1 unspecified atom stereocenters. The summed E-state index contributed by atoms with van der Waals surface area (Å²) in [6.45, 7) is 15.6. The molecule has 0 aliphatic carbocycles. The average Bonchev–Trinajstić information content (AvgIpc) is 2.39. The molecule has 0 saturated carbocycles. The summed E-state index contributed by atoms with van der Waals surface area (Å²) in [5.41, 5.74) is 1.60. The predicted molar refractivity (Wildman–Crippen MR) is 76.8 cm³/mol. The van der Waals surface area contributed by atoms with Crippen LogP contribution in [0.4, 0.5) is 0 Å². The highest BCUT2D eigenvalue weighted by molar-refractivity contribution is 5.38. The van der Waals surface area contributed by atoms with E-state index < -0.39 is 0 Å². The Labute approximate surface area is 107 Å². The fourth-order valence-electron chi connectivity index (χ4n) is 1.78. The molecular weight excluding hydrogens is 208 g/mol. The second-order valence-corrected chi connectivity index (χ2v) is 4.54. The number of ether oxygens (including phenoxy) is 1. The SMILES string of the molecule is CC.CC.CC1c2ccccc2OCC1(C)C. The van der Waals surface area contributed by atoms with E-state index in [9.17, 15) is 0 Å². The van der Waals surface area contributed by atoms with Gasteiger partial charge in [0.05, 0.1) is 6.61 Å². The summed E-state index contributed by atoms with van der Waals surface area (Å²) in [4.78, 5) is 0. The minimum absolute atomic E-state index is 0.258. The topological polar surface area (TPSA) is 9.23 Å². The van der Waals surface area contributed by atoms with Crippen molar-refractivity contribution in [1.82, 2.24) is 0 Å². The summed E-state index contributed by atoms with van der Waals surface area (Å²) in [5, 5.41) is 0. The highest BCUT2D eigenvalue weighted by Gasteiger charge is 2.33. The van der Waals surface area contributed by atoms with Gasteiger partial charge < -0.3 is 4.74 Å². The van der Waals surface area contributed by atoms with Gasteiger partial charge in [-0.05, 0) is 17.5 Å². The summed E-state index contributed by atoms with van der Waals surface area (Å²) < 4.78 is 5.71. The Hall–Kier alpha value is -0.980. The lowest BCUT2D eigenvalue weighted by Gasteiger charge is -2.37. The van der Waals surface area contributed by atoms with Crippen LogP contribution in [0.3, 0.4) is 0 Å². The molecule has 0 radical (unpaired) electrons. The van der Waals surface area contributed by atoms with Crippen molar-refractivity contribution in [3.05, 3.63) is 29.8 Å². The maximum absolute atomic E-state index is 5.71. The zero-order valence-corrected chi connectivity index (χ0v) is 12.5. The van der Waals surface area contributed by atoms with E-state index in [1.54, 1.807) is 0 Å². The van der Waals surface area contributed by atoms with Crippen LogP contribution < -0.4 is 4.74 Å². The molecule has 0 bridgehead atoms. The van der Waals surface area contributed by atoms with Crippen LogP contribution in [-0.2, 0) is 0 Å². The number of para-hydroxylation sites is 1. The van der Waals surface area contributed by atoms with Crippen LogP contribution in [0.5, 0.6) is 5.75 Å². The van der Waals surface area contributed by atoms with Gasteiger partial charge in [-0.1, -0.05) is 66.7 Å². The first kappa shape index (κ1) is 16.0. The van der Waals surface area contributed by atoms with E-state index >= 15 is 0 Å². The van der Waals surface area contributed by atoms with Gasteiger partial charge in [0.25, 0.3) is 0 Å². The van der Waals surface area contributed by atoms with E-state index in [2.05, 4.69) is 39.0 Å². The van der Waals surface area contributed by atoms with Gasteiger partial charge in [0.1, 0.15) is 5.75 Å². The molecule has 17 heavy (non-hydrogen) atoms. The van der Waals surface area contributed by atoms with Crippen molar-refractivity contribution >= 4 is 0 Å². The molecule has 1 aliphatic rings. The molecule has 1 aromatic carbocycles. The zero-order valence-electron chi connectivity index (χ0n) is 12.5. The highest BCUT2D eigenvalue weighted by atomic mass is 16.5. The molecule has 0 saturated heterocycles. The third-order valence-corrected chi connectivity index (χ3v) is 3.16. The average molecular weight is 236 g/mol. The summed E-state index contributed by atoms with van der Waals surface area (Å²) >= 11 is 0. The lowest BCUT2D eigenvalue weighted by atomic mass is 9.75. The minimum Gasteiger partial charge on any atom is -0.493 e. The standard InChI is InChI=1S/C12H16O.2C2H6/c1-9-10-6-4-5-7-11(10)13-8-12(9,2)3;2*1-2/h4-7,9H,8H2,1-3H3;2*1-2H3. The fraction of sp³-hybridized carbons (Fsp3) is 0.625. The summed E-state index contributed by atoms with van der Waals surface area (Å²) in [6, 6.07) is 8.34. The van der Waals surface area contributed by atoms with Crippen LogP contribution in [0.15, 0.2) is 24.3 Å². The number of hydrogen-bond donors (Lipinski definition) is 0. The van der Waals surface area contributed by atoms with Crippen LogP contribution in [0.25, 0.3) is 0 Å². The highest BCUT2D eigenvalue weighted by Crippen LogP contribution is 2.43. The first-order valence-corrected chi connectivity index (χ1v) is 6.83. The molecular formula is C16H28O. The van der Waals surface area contributed by atoms with Crippen molar-refractivity contribution in [1.29, 1.82) is 0 Å². The predicted octanol–water partition coefficient (Wildman–Crippen LogP) is 5.26. The molecule has 1 atom stereocenters. The normalized spacial score (nSPS) is 19.6. The van der Waals surface area contributed by atoms with Crippen LogP contribution >= 0.6 is 0 Å². The molecule has 1 aromatic rings. The second-order valence-electron chi connectivity index (χ2n) is 4.54. The van der Waals surface area contributed by atoms with Crippen molar-refractivity contribution < 1.29 is 4.74 Å². The van der Waals surface area contributed by atoms with Crippen molar-refractivity contribution in [3.8, 4) is 5.75 Å². The van der Waals surface area contributed by atoms with Crippen LogP contribution in [-0.4, -0.2) is 6.61 Å². The number of fused-ring (bicyclic) bond motifs is 1. The van der Waals surface area contributed by atoms with Crippen LogP contribution in [0.1, 0.15) is 59.9 Å². The van der Waals surface area contributed by atoms with Crippen LogP contribution in [0.2, 0.25) is 0 Å². The number of hydrogen-bond acceptors (Lipinski definition) is 1. The maximum atomic E-state index is 5.71. The van der Waals surface area contributed by atoms with Gasteiger partial charge in [-0.15, -0.1) is 0 Å². The van der Waals surface area contributed by atoms with E-state index in [-0.39, 0.29) is 5.41 Å². The van der Waals surface area contributed by atoms with E-state index in [4.69, 9.17) is 4.74 Å². The molecule has 1 heterocycles. The molecule has 0 amide bonds. The molecule has 0 aromatic heterocycles. The van der Waals surface area contributed by atoms with Gasteiger partial charge in [0.2, 0.25) is 0 Å². The third-order valence-electron chi connectivity index (χ3n) is 3.16. The van der Waals surface area contributed by atoms with E-state index in [1.807, 2.05) is 33.8 Å². The maximum Gasteiger partial charge on any atom is 0.122 e. The first-order chi connectivity index (χ1) is 8.11. The Morgan fingerprint density at radius 2 is 1.59 bits per heavy atom. The molecule has 1 heteroatoms. The third kappa shape index (κ3) is 3.76. The fourth-order valence-corrected chi connectivity index (χ4v) is 1.78.